The molecule has 24 heavy (non-hydrogen) atoms. The SMILES string of the molecule is O=C(Nc1ncsc1-c1ccccc1)N(Cl)C1CN2CCC1CC2. The monoisotopic (exact) mass is 362 g/mol. The summed E-state index contributed by atoms with van der Waals surface area (Å²) >= 11 is 7.90. The van der Waals surface area contributed by atoms with Crippen molar-refractivity contribution in [1.82, 2.24) is 14.3 Å². The zero-order valence-electron chi connectivity index (χ0n) is 13.2. The van der Waals surface area contributed by atoms with Gasteiger partial charge in [0.15, 0.2) is 5.82 Å². The van der Waals surface area contributed by atoms with Gasteiger partial charge in [0.2, 0.25) is 0 Å². The lowest BCUT2D eigenvalue weighted by atomic mass is 9.84. The summed E-state index contributed by atoms with van der Waals surface area (Å²) in [4.78, 5) is 20.2. The fourth-order valence-corrected chi connectivity index (χ4v) is 4.64. The lowest BCUT2D eigenvalue weighted by Crippen LogP contribution is -2.56. The topological polar surface area (TPSA) is 48.5 Å². The maximum Gasteiger partial charge on any atom is 0.337 e. The van der Waals surface area contributed by atoms with E-state index in [1.165, 1.54) is 15.8 Å². The second-order valence-electron chi connectivity index (χ2n) is 6.34. The molecule has 3 aliphatic rings. The number of rotatable bonds is 3. The average molecular weight is 363 g/mol. The zero-order chi connectivity index (χ0) is 16.5. The molecule has 3 saturated heterocycles. The highest BCUT2D eigenvalue weighted by Crippen LogP contribution is 2.34. The summed E-state index contributed by atoms with van der Waals surface area (Å²) in [6, 6.07) is 9.72. The summed E-state index contributed by atoms with van der Waals surface area (Å²) in [7, 11) is 0. The second kappa shape index (κ2) is 6.70. The maximum atomic E-state index is 12.6. The number of carbonyl (C=O) groups is 1. The van der Waals surface area contributed by atoms with Crippen LogP contribution in [-0.2, 0) is 0 Å². The van der Waals surface area contributed by atoms with Crippen molar-refractivity contribution < 1.29 is 4.79 Å². The van der Waals surface area contributed by atoms with Crippen LogP contribution in [-0.4, -0.2) is 46.0 Å². The standard InChI is InChI=1S/C17H19ClN4OS/c18-22(14-10-21-8-6-12(14)7-9-21)17(23)20-16-15(24-11-19-16)13-4-2-1-3-5-13/h1-5,11-12,14H,6-10H2,(H,20,23). The van der Waals surface area contributed by atoms with E-state index in [1.807, 2.05) is 30.3 Å². The molecule has 1 atom stereocenters. The molecule has 0 radical (unpaired) electrons. The molecule has 1 aromatic carbocycles. The van der Waals surface area contributed by atoms with Gasteiger partial charge in [0.25, 0.3) is 0 Å². The van der Waals surface area contributed by atoms with Crippen LogP contribution >= 0.6 is 23.1 Å². The number of halogens is 1. The zero-order valence-corrected chi connectivity index (χ0v) is 14.8. The first-order valence-electron chi connectivity index (χ1n) is 8.19. The highest BCUT2D eigenvalue weighted by molar-refractivity contribution is 7.13. The van der Waals surface area contributed by atoms with Gasteiger partial charge in [0.05, 0.1) is 16.4 Å². The van der Waals surface area contributed by atoms with E-state index < -0.39 is 0 Å². The van der Waals surface area contributed by atoms with Gasteiger partial charge in [-0.25, -0.2) is 14.2 Å². The van der Waals surface area contributed by atoms with Crippen LogP contribution in [0.25, 0.3) is 10.4 Å². The molecular formula is C17H19ClN4OS. The molecular weight excluding hydrogens is 344 g/mol. The number of benzene rings is 1. The second-order valence-corrected chi connectivity index (χ2v) is 7.56. The number of fused-ring (bicyclic) bond motifs is 3. The highest BCUT2D eigenvalue weighted by atomic mass is 35.5. The number of thiazole rings is 1. The third-order valence-electron chi connectivity index (χ3n) is 4.94. The first-order valence-corrected chi connectivity index (χ1v) is 9.41. The number of anilines is 1. The Bertz CT molecular complexity index is 714. The predicted molar refractivity (Wildman–Crippen MR) is 97.2 cm³/mol. The largest absolute Gasteiger partial charge is 0.337 e. The van der Waals surface area contributed by atoms with Crippen LogP contribution in [0.5, 0.6) is 0 Å². The molecule has 3 fully saturated rings. The molecule has 1 unspecified atom stereocenters. The number of nitrogens with one attached hydrogen (secondary N) is 1. The Morgan fingerprint density at radius 3 is 2.71 bits per heavy atom. The molecule has 5 nitrogen and oxygen atoms in total. The average Bonchev–Trinajstić information content (AvgIpc) is 3.10. The van der Waals surface area contributed by atoms with Crippen molar-refractivity contribution in [2.45, 2.75) is 18.9 Å². The van der Waals surface area contributed by atoms with Gasteiger partial charge in [-0.05, 0) is 37.4 Å². The highest BCUT2D eigenvalue weighted by Gasteiger charge is 2.39. The van der Waals surface area contributed by atoms with Gasteiger partial charge in [0.1, 0.15) is 0 Å². The number of nitrogens with zero attached hydrogens (tertiary/aromatic N) is 3. The molecule has 2 bridgehead atoms. The van der Waals surface area contributed by atoms with Crippen molar-refractivity contribution in [3.05, 3.63) is 35.8 Å². The van der Waals surface area contributed by atoms with Crippen molar-refractivity contribution in [2.75, 3.05) is 25.0 Å². The summed E-state index contributed by atoms with van der Waals surface area (Å²) in [5.74, 6) is 1.07. The van der Waals surface area contributed by atoms with E-state index in [4.69, 9.17) is 11.8 Å². The predicted octanol–water partition coefficient (Wildman–Crippen LogP) is 3.89. The Kier molecular flexibility index (Phi) is 4.43. The number of aromatic nitrogens is 1. The van der Waals surface area contributed by atoms with Crippen LogP contribution < -0.4 is 5.32 Å². The maximum absolute atomic E-state index is 12.6. The number of carbonyl (C=O) groups excluding carboxylic acids is 1. The van der Waals surface area contributed by atoms with Crippen molar-refractivity contribution >= 4 is 35.0 Å². The Hall–Kier alpha value is -1.63. The Morgan fingerprint density at radius 2 is 2.04 bits per heavy atom. The Balaban J connectivity index is 1.48. The summed E-state index contributed by atoms with van der Waals surface area (Å²) in [5.41, 5.74) is 2.78. The van der Waals surface area contributed by atoms with Crippen LogP contribution in [0.2, 0.25) is 0 Å². The van der Waals surface area contributed by atoms with Gasteiger partial charge in [-0.15, -0.1) is 11.3 Å². The fourth-order valence-electron chi connectivity index (χ4n) is 3.63. The molecule has 4 heterocycles. The van der Waals surface area contributed by atoms with Gasteiger partial charge in [-0.3, -0.25) is 5.32 Å². The Labute approximate surface area is 150 Å². The van der Waals surface area contributed by atoms with Gasteiger partial charge in [-0.1, -0.05) is 30.3 Å². The van der Waals surface area contributed by atoms with E-state index in [-0.39, 0.29) is 12.1 Å². The van der Waals surface area contributed by atoms with E-state index in [1.54, 1.807) is 5.51 Å². The van der Waals surface area contributed by atoms with Crippen LogP contribution in [0.4, 0.5) is 10.6 Å². The fraction of sp³-hybridized carbons (Fsp3) is 0.412. The lowest BCUT2D eigenvalue weighted by Gasteiger charge is -2.46. The minimum absolute atomic E-state index is 0.0768. The van der Waals surface area contributed by atoms with Crippen molar-refractivity contribution in [3.63, 3.8) is 0 Å². The number of hydrogen-bond donors (Lipinski definition) is 1. The molecule has 0 saturated carbocycles. The van der Waals surface area contributed by atoms with Gasteiger partial charge in [0, 0.05) is 18.3 Å². The van der Waals surface area contributed by atoms with E-state index in [0.717, 1.165) is 42.9 Å². The summed E-state index contributed by atoms with van der Waals surface area (Å²) in [6.45, 7) is 3.11. The van der Waals surface area contributed by atoms with Crippen molar-refractivity contribution in [2.24, 2.45) is 5.92 Å². The molecule has 2 aromatic rings. The van der Waals surface area contributed by atoms with Crippen LogP contribution in [0.15, 0.2) is 35.8 Å². The normalized spacial score (nSPS) is 25.5. The van der Waals surface area contributed by atoms with Crippen LogP contribution in [0.3, 0.4) is 0 Å². The lowest BCUT2D eigenvalue weighted by molar-refractivity contribution is 0.0513. The third-order valence-corrected chi connectivity index (χ3v) is 6.22. The Morgan fingerprint density at radius 1 is 1.29 bits per heavy atom. The van der Waals surface area contributed by atoms with Gasteiger partial charge in [-0.2, -0.15) is 0 Å². The molecule has 7 heteroatoms. The van der Waals surface area contributed by atoms with E-state index in [2.05, 4.69) is 15.2 Å². The number of amides is 2. The molecule has 0 spiro atoms. The third kappa shape index (κ3) is 3.01. The first-order chi connectivity index (χ1) is 11.7. The van der Waals surface area contributed by atoms with E-state index in [9.17, 15) is 4.79 Å². The summed E-state index contributed by atoms with van der Waals surface area (Å²) in [5, 5.41) is 2.88. The molecule has 5 rings (SSSR count). The summed E-state index contributed by atoms with van der Waals surface area (Å²) in [6.07, 6.45) is 2.24. The van der Waals surface area contributed by atoms with E-state index >= 15 is 0 Å². The van der Waals surface area contributed by atoms with Crippen LogP contribution in [0, 0.1) is 5.92 Å². The summed E-state index contributed by atoms with van der Waals surface area (Å²) < 4.78 is 1.35. The molecule has 3 aliphatic heterocycles. The van der Waals surface area contributed by atoms with Gasteiger partial charge < -0.3 is 4.90 Å². The first kappa shape index (κ1) is 15.9. The minimum atomic E-state index is -0.293. The smallest absolute Gasteiger partial charge is 0.301 e. The molecule has 0 aliphatic carbocycles. The molecule has 126 valence electrons. The van der Waals surface area contributed by atoms with Gasteiger partial charge >= 0.3 is 6.03 Å². The number of urea groups is 1. The minimum Gasteiger partial charge on any atom is -0.301 e. The molecule has 1 N–H and O–H groups in total. The number of hydrogen-bond acceptors (Lipinski definition) is 4. The van der Waals surface area contributed by atoms with Crippen LogP contribution in [0.1, 0.15) is 12.8 Å². The van der Waals surface area contributed by atoms with E-state index in [0.29, 0.717) is 11.7 Å². The number of piperidine rings is 3. The molecule has 2 amide bonds. The van der Waals surface area contributed by atoms with Crippen molar-refractivity contribution in [1.29, 1.82) is 0 Å². The van der Waals surface area contributed by atoms with Crippen molar-refractivity contribution in [3.8, 4) is 10.4 Å². The molecule has 1 aromatic heterocycles. The quantitative estimate of drug-likeness (QED) is 0.842.